The first-order valence-electron chi connectivity index (χ1n) is 10.3. The Kier molecular flexibility index (Phi) is 7.72. The monoisotopic (exact) mass is 412 g/mol. The van der Waals surface area contributed by atoms with Crippen LogP contribution in [0.15, 0.2) is 35.7 Å². The number of thiazole rings is 1. The van der Waals surface area contributed by atoms with Crippen LogP contribution in [0, 0.1) is 0 Å². The molecule has 1 N–H and O–H groups in total. The van der Waals surface area contributed by atoms with Gasteiger partial charge in [-0.1, -0.05) is 44.4 Å². The van der Waals surface area contributed by atoms with Crippen molar-refractivity contribution in [1.29, 1.82) is 0 Å². The summed E-state index contributed by atoms with van der Waals surface area (Å²) in [5.74, 6) is 0.136. The summed E-state index contributed by atoms with van der Waals surface area (Å²) in [5.41, 5.74) is 2.24. The lowest BCUT2D eigenvalue weighted by atomic mass is 10.0. The lowest BCUT2D eigenvalue weighted by Crippen LogP contribution is -2.32. The number of hydrogen-bond donors (Lipinski definition) is 1. The molecule has 0 bridgehead atoms. The average Bonchev–Trinajstić information content (AvgIpc) is 3.35. The minimum atomic E-state index is -0.446. The Morgan fingerprint density at radius 3 is 2.79 bits per heavy atom. The summed E-state index contributed by atoms with van der Waals surface area (Å²) in [6, 6.07) is 7.86. The molecule has 154 valence electrons. The Morgan fingerprint density at radius 2 is 2.10 bits per heavy atom. The molecular formula is C23H28N2O3S. The molecule has 1 aliphatic rings. The van der Waals surface area contributed by atoms with E-state index in [9.17, 15) is 14.7 Å². The lowest BCUT2D eigenvalue weighted by Gasteiger charge is -2.24. The van der Waals surface area contributed by atoms with E-state index >= 15 is 0 Å². The van der Waals surface area contributed by atoms with Gasteiger partial charge in [-0.05, 0) is 43.0 Å². The molecule has 5 nitrogen and oxygen atoms in total. The Labute approximate surface area is 176 Å². The predicted molar refractivity (Wildman–Crippen MR) is 117 cm³/mol. The van der Waals surface area contributed by atoms with Crippen molar-refractivity contribution in [2.75, 3.05) is 4.90 Å². The van der Waals surface area contributed by atoms with Crippen LogP contribution in [0.5, 0.6) is 0 Å². The number of carbonyl (C=O) groups is 2. The topological polar surface area (TPSA) is 70.5 Å². The molecule has 6 heteroatoms. The molecule has 1 aliphatic heterocycles. The van der Waals surface area contributed by atoms with Crippen molar-refractivity contribution in [3.05, 3.63) is 52.0 Å². The maximum atomic E-state index is 12.5. The summed E-state index contributed by atoms with van der Waals surface area (Å²) in [6.07, 6.45) is 10.4. The van der Waals surface area contributed by atoms with E-state index in [-0.39, 0.29) is 11.9 Å². The van der Waals surface area contributed by atoms with Crippen LogP contribution in [0.4, 0.5) is 5.69 Å². The molecule has 0 spiro atoms. The molecule has 3 rings (SSSR count). The number of rotatable bonds is 10. The van der Waals surface area contributed by atoms with E-state index < -0.39 is 6.10 Å². The number of aldehydes is 1. The van der Waals surface area contributed by atoms with Gasteiger partial charge in [0.25, 0.3) is 0 Å². The molecule has 1 amide bonds. The van der Waals surface area contributed by atoms with E-state index in [0.29, 0.717) is 12.1 Å². The van der Waals surface area contributed by atoms with Crippen molar-refractivity contribution in [3.63, 3.8) is 0 Å². The number of nitrogens with zero attached hydrogens (tertiary/aromatic N) is 2. The number of aliphatic hydroxyl groups is 1. The Bertz CT molecular complexity index is 844. The smallest absolute Gasteiger partial charge is 0.227 e. The number of carbonyl (C=O) groups excluding carboxylic acids is 2. The zero-order valence-electron chi connectivity index (χ0n) is 16.8. The fourth-order valence-corrected chi connectivity index (χ4v) is 4.37. The van der Waals surface area contributed by atoms with Crippen molar-refractivity contribution in [3.8, 4) is 0 Å². The van der Waals surface area contributed by atoms with Crippen LogP contribution in [-0.4, -0.2) is 28.3 Å². The number of aromatic nitrogens is 1. The molecule has 0 radical (unpaired) electrons. The summed E-state index contributed by atoms with van der Waals surface area (Å²) < 4.78 is 0. The van der Waals surface area contributed by atoms with E-state index in [4.69, 9.17) is 0 Å². The number of unbranched alkanes of at least 4 members (excludes halogenated alkanes) is 2. The molecule has 2 heterocycles. The van der Waals surface area contributed by atoms with Crippen LogP contribution in [0.25, 0.3) is 6.08 Å². The van der Waals surface area contributed by atoms with Crippen molar-refractivity contribution in [1.82, 2.24) is 4.98 Å². The first-order chi connectivity index (χ1) is 14.1. The third kappa shape index (κ3) is 5.61. The summed E-state index contributed by atoms with van der Waals surface area (Å²) >= 11 is 1.43. The van der Waals surface area contributed by atoms with Gasteiger partial charge < -0.3 is 10.0 Å². The lowest BCUT2D eigenvalue weighted by molar-refractivity contribution is -0.117. The van der Waals surface area contributed by atoms with E-state index in [1.807, 2.05) is 41.3 Å². The molecule has 2 atom stereocenters. The van der Waals surface area contributed by atoms with Crippen LogP contribution < -0.4 is 4.90 Å². The van der Waals surface area contributed by atoms with Crippen LogP contribution in [0.1, 0.15) is 79.0 Å². The van der Waals surface area contributed by atoms with Crippen molar-refractivity contribution in [2.45, 2.75) is 64.0 Å². The van der Waals surface area contributed by atoms with Crippen molar-refractivity contribution in [2.24, 2.45) is 0 Å². The van der Waals surface area contributed by atoms with Crippen LogP contribution in [0.2, 0.25) is 0 Å². The molecule has 1 aromatic carbocycles. The minimum absolute atomic E-state index is 0.115. The van der Waals surface area contributed by atoms with Gasteiger partial charge in [-0.2, -0.15) is 0 Å². The highest BCUT2D eigenvalue weighted by Gasteiger charge is 2.31. The van der Waals surface area contributed by atoms with Crippen molar-refractivity contribution >= 4 is 35.3 Å². The molecule has 0 aliphatic carbocycles. The number of aliphatic hydroxyl groups excluding tert-OH is 1. The fraction of sp³-hybridized carbons (Fsp3) is 0.435. The van der Waals surface area contributed by atoms with E-state index in [2.05, 4.69) is 11.9 Å². The summed E-state index contributed by atoms with van der Waals surface area (Å²) in [5, 5.41) is 12.9. The SMILES string of the molecule is CCCCCC(O)c1ccc(N2C(=O)CC[C@@H]2C/C=C\c2nc(C=O)cs2)cc1. The zero-order chi connectivity index (χ0) is 20.6. The average molecular weight is 413 g/mol. The van der Waals surface area contributed by atoms with Crippen LogP contribution >= 0.6 is 11.3 Å². The molecule has 29 heavy (non-hydrogen) atoms. The number of benzene rings is 1. The highest BCUT2D eigenvalue weighted by molar-refractivity contribution is 7.10. The summed E-state index contributed by atoms with van der Waals surface area (Å²) in [7, 11) is 0. The molecule has 1 fully saturated rings. The first kappa shape index (κ1) is 21.4. The number of hydrogen-bond acceptors (Lipinski definition) is 5. The molecule has 1 saturated heterocycles. The van der Waals surface area contributed by atoms with E-state index in [0.717, 1.165) is 61.1 Å². The molecule has 0 saturated carbocycles. The summed E-state index contributed by atoms with van der Waals surface area (Å²) in [6.45, 7) is 2.15. The Balaban J connectivity index is 1.62. The maximum Gasteiger partial charge on any atom is 0.227 e. The highest BCUT2D eigenvalue weighted by atomic mass is 32.1. The molecular weight excluding hydrogens is 384 g/mol. The minimum Gasteiger partial charge on any atom is -0.388 e. The van der Waals surface area contributed by atoms with Gasteiger partial charge in [0.1, 0.15) is 10.7 Å². The van der Waals surface area contributed by atoms with Gasteiger partial charge in [0.2, 0.25) is 5.91 Å². The molecule has 2 aromatic rings. The standard InChI is InChI=1S/C23H28N2O3S/c1-2-3-4-7-21(27)17-9-11-20(12-10-17)25-19(13-14-23(25)28)6-5-8-22-24-18(15-26)16-29-22/h5,8-12,15-16,19,21,27H,2-4,6-7,13-14H2,1H3/b8-5-/t19-,21?/m0/s1. The Hall–Kier alpha value is -2.31. The largest absolute Gasteiger partial charge is 0.388 e. The highest BCUT2D eigenvalue weighted by Crippen LogP contribution is 2.30. The van der Waals surface area contributed by atoms with Gasteiger partial charge in [-0.25, -0.2) is 4.98 Å². The van der Waals surface area contributed by atoms with Gasteiger partial charge in [0.05, 0.1) is 6.10 Å². The predicted octanol–water partition coefficient (Wildman–Crippen LogP) is 5.17. The van der Waals surface area contributed by atoms with Gasteiger partial charge in [0, 0.05) is 23.5 Å². The fourth-order valence-electron chi connectivity index (χ4n) is 3.69. The zero-order valence-corrected chi connectivity index (χ0v) is 17.6. The van der Waals surface area contributed by atoms with Gasteiger partial charge in [0.15, 0.2) is 6.29 Å². The van der Waals surface area contributed by atoms with Gasteiger partial charge >= 0.3 is 0 Å². The quantitative estimate of drug-likeness (QED) is 0.432. The van der Waals surface area contributed by atoms with Gasteiger partial charge in [-0.15, -0.1) is 11.3 Å². The second kappa shape index (κ2) is 10.5. The Morgan fingerprint density at radius 1 is 1.31 bits per heavy atom. The first-order valence-corrected chi connectivity index (χ1v) is 11.2. The second-order valence-electron chi connectivity index (χ2n) is 7.43. The number of anilines is 1. The second-order valence-corrected chi connectivity index (χ2v) is 8.32. The maximum absolute atomic E-state index is 12.5. The third-order valence-corrected chi connectivity index (χ3v) is 6.12. The van der Waals surface area contributed by atoms with E-state index in [1.165, 1.54) is 11.3 Å². The molecule has 1 unspecified atom stereocenters. The van der Waals surface area contributed by atoms with Crippen LogP contribution in [-0.2, 0) is 4.79 Å². The van der Waals surface area contributed by atoms with Gasteiger partial charge in [-0.3, -0.25) is 9.59 Å². The third-order valence-electron chi connectivity index (χ3n) is 5.29. The number of amides is 1. The van der Waals surface area contributed by atoms with Crippen molar-refractivity contribution < 1.29 is 14.7 Å². The molecule has 1 aromatic heterocycles. The van der Waals surface area contributed by atoms with Crippen LogP contribution in [0.3, 0.4) is 0 Å². The summed E-state index contributed by atoms with van der Waals surface area (Å²) in [4.78, 5) is 29.3. The normalized spacial score (nSPS) is 17.9. The van der Waals surface area contributed by atoms with E-state index in [1.54, 1.807) is 5.38 Å².